The molecule has 0 unspecified atom stereocenters. The van der Waals surface area contributed by atoms with Crippen LogP contribution in [0.15, 0.2) is 18.3 Å². The molecule has 0 aliphatic carbocycles. The van der Waals surface area contributed by atoms with Gasteiger partial charge in [0.15, 0.2) is 0 Å². The predicted molar refractivity (Wildman–Crippen MR) is 29.6 cm³/mol. The molecule has 41 valence electrons. The van der Waals surface area contributed by atoms with Crippen molar-refractivity contribution < 1.29 is 4.74 Å². The zero-order chi connectivity index (χ0) is 5.82. The minimum absolute atomic E-state index is 0.792. The Morgan fingerprint density at radius 2 is 2.62 bits per heavy atom. The molecule has 0 saturated carbocycles. The van der Waals surface area contributed by atoms with Gasteiger partial charge in [0.25, 0.3) is 0 Å². The van der Waals surface area contributed by atoms with E-state index in [1.54, 1.807) is 25.4 Å². The topological polar surface area (TPSA) is 22.1 Å². The van der Waals surface area contributed by atoms with E-state index in [1.165, 1.54) is 0 Å². The lowest BCUT2D eigenvalue weighted by Crippen LogP contribution is -1.80. The van der Waals surface area contributed by atoms with Gasteiger partial charge in [-0.15, -0.1) is 0 Å². The van der Waals surface area contributed by atoms with Crippen LogP contribution < -0.4 is 4.74 Å². The first kappa shape index (κ1) is 5.09. The number of ether oxygens (including phenoxy) is 1. The average Bonchev–Trinajstić information content (AvgIpc) is 1.90. The van der Waals surface area contributed by atoms with Gasteiger partial charge < -0.3 is 4.74 Å². The second kappa shape index (κ2) is 2.31. The molecule has 0 aromatic carbocycles. The van der Waals surface area contributed by atoms with Gasteiger partial charge in [-0.3, -0.25) is 4.98 Å². The van der Waals surface area contributed by atoms with Crippen LogP contribution in [0.5, 0.6) is 5.75 Å². The lowest BCUT2D eigenvalue weighted by Gasteiger charge is -1.93. The lowest BCUT2D eigenvalue weighted by molar-refractivity contribution is 0.414. The number of methoxy groups -OCH3 is 1. The van der Waals surface area contributed by atoms with Gasteiger partial charge in [-0.1, -0.05) is 0 Å². The Hall–Kier alpha value is -1.05. The Balaban J connectivity index is 2.83. The summed E-state index contributed by atoms with van der Waals surface area (Å²) in [7, 11) is 1.61. The molecule has 1 rings (SSSR count). The Kier molecular flexibility index (Phi) is 1.47. The van der Waals surface area contributed by atoms with Crippen molar-refractivity contribution in [2.24, 2.45) is 0 Å². The molecule has 0 saturated heterocycles. The number of aromatic nitrogens is 1. The number of rotatable bonds is 1. The maximum absolute atomic E-state index is 4.84. The maximum atomic E-state index is 4.84. The minimum atomic E-state index is 0.792. The van der Waals surface area contributed by atoms with E-state index >= 15 is 0 Å². The van der Waals surface area contributed by atoms with Crippen molar-refractivity contribution in [2.45, 2.75) is 0 Å². The molecule has 1 heterocycles. The molecule has 0 aliphatic rings. The summed E-state index contributed by atoms with van der Waals surface area (Å²) in [6.07, 6.45) is 4.27. The lowest BCUT2D eigenvalue weighted by atomic mass is 10.5. The quantitative estimate of drug-likeness (QED) is 0.533. The molecular weight excluding hydrogens is 102 g/mol. The van der Waals surface area contributed by atoms with Gasteiger partial charge in [0, 0.05) is 12.3 Å². The van der Waals surface area contributed by atoms with Crippen LogP contribution in [0.25, 0.3) is 0 Å². The normalized spacial score (nSPS) is 8.62. The maximum Gasteiger partial charge on any atom is 0.122 e. The van der Waals surface area contributed by atoms with Gasteiger partial charge in [0.1, 0.15) is 5.75 Å². The summed E-state index contributed by atoms with van der Waals surface area (Å²) in [4.78, 5) is 3.69. The first-order chi connectivity index (χ1) is 3.93. The molecule has 0 bridgehead atoms. The van der Waals surface area contributed by atoms with E-state index in [-0.39, 0.29) is 0 Å². The largest absolute Gasteiger partial charge is 0.497 e. The Morgan fingerprint density at radius 1 is 1.75 bits per heavy atom. The summed E-state index contributed by atoms with van der Waals surface area (Å²) in [5.41, 5.74) is 0. The zero-order valence-corrected chi connectivity index (χ0v) is 4.59. The van der Waals surface area contributed by atoms with Gasteiger partial charge in [0.2, 0.25) is 0 Å². The fourth-order valence-electron chi connectivity index (χ4n) is 0.430. The molecule has 8 heavy (non-hydrogen) atoms. The number of nitrogens with zero attached hydrogens (tertiary/aromatic N) is 1. The van der Waals surface area contributed by atoms with E-state index in [0.29, 0.717) is 0 Å². The summed E-state index contributed by atoms with van der Waals surface area (Å²) >= 11 is 0. The van der Waals surface area contributed by atoms with Crippen LogP contribution in [-0.2, 0) is 0 Å². The van der Waals surface area contributed by atoms with E-state index in [1.807, 2.05) is 0 Å². The monoisotopic (exact) mass is 108 g/mol. The number of pyridine rings is 1. The van der Waals surface area contributed by atoms with Gasteiger partial charge >= 0.3 is 0 Å². The minimum Gasteiger partial charge on any atom is -0.497 e. The SMILES string of the molecule is COc1c[c]ncc1. The van der Waals surface area contributed by atoms with Crippen LogP contribution in [0.4, 0.5) is 0 Å². The van der Waals surface area contributed by atoms with Crippen LogP contribution in [0.1, 0.15) is 0 Å². The summed E-state index contributed by atoms with van der Waals surface area (Å²) in [5, 5.41) is 0. The summed E-state index contributed by atoms with van der Waals surface area (Å²) < 4.78 is 4.84. The van der Waals surface area contributed by atoms with Gasteiger partial charge in [-0.2, -0.15) is 0 Å². The molecule has 0 N–H and O–H groups in total. The van der Waals surface area contributed by atoms with E-state index in [4.69, 9.17) is 4.74 Å². The van der Waals surface area contributed by atoms with Crippen molar-refractivity contribution in [2.75, 3.05) is 7.11 Å². The second-order valence-corrected chi connectivity index (χ2v) is 1.32. The molecule has 0 fully saturated rings. The van der Waals surface area contributed by atoms with Gasteiger partial charge in [0.05, 0.1) is 13.3 Å². The highest BCUT2D eigenvalue weighted by Gasteiger charge is 1.81. The highest BCUT2D eigenvalue weighted by Crippen LogP contribution is 2.03. The standard InChI is InChI=1S/C6H6NO/c1-8-6-2-4-7-5-3-6/h2-4H,1H3. The van der Waals surface area contributed by atoms with Crippen molar-refractivity contribution in [3.05, 3.63) is 24.5 Å². The summed E-state index contributed by atoms with van der Waals surface area (Å²) in [6, 6.07) is 3.45. The highest BCUT2D eigenvalue weighted by molar-refractivity contribution is 5.15. The Bertz CT molecular complexity index is 150. The predicted octanol–water partition coefficient (Wildman–Crippen LogP) is 0.890. The van der Waals surface area contributed by atoms with Crippen LogP contribution in [-0.4, -0.2) is 12.1 Å². The molecule has 1 aromatic rings. The summed E-state index contributed by atoms with van der Waals surface area (Å²) in [5.74, 6) is 0.792. The second-order valence-electron chi connectivity index (χ2n) is 1.32. The van der Waals surface area contributed by atoms with Crippen molar-refractivity contribution in [1.82, 2.24) is 4.98 Å². The smallest absolute Gasteiger partial charge is 0.122 e. The Morgan fingerprint density at radius 3 is 3.00 bits per heavy atom. The molecule has 2 heteroatoms. The third-order valence-electron chi connectivity index (χ3n) is 0.830. The number of hydrogen-bond donors (Lipinski definition) is 0. The first-order valence-corrected chi connectivity index (χ1v) is 2.29. The molecular formula is C6H6NO. The van der Waals surface area contributed by atoms with E-state index in [0.717, 1.165) is 5.75 Å². The van der Waals surface area contributed by atoms with Gasteiger partial charge in [-0.05, 0) is 6.07 Å². The fourth-order valence-corrected chi connectivity index (χ4v) is 0.430. The van der Waals surface area contributed by atoms with Gasteiger partial charge in [-0.25, -0.2) is 0 Å². The highest BCUT2D eigenvalue weighted by atomic mass is 16.5. The van der Waals surface area contributed by atoms with Crippen molar-refractivity contribution in [3.8, 4) is 5.75 Å². The third-order valence-corrected chi connectivity index (χ3v) is 0.830. The summed E-state index contributed by atoms with van der Waals surface area (Å²) in [6.45, 7) is 0. The molecule has 1 radical (unpaired) electrons. The molecule has 0 amide bonds. The molecule has 1 aromatic heterocycles. The van der Waals surface area contributed by atoms with E-state index < -0.39 is 0 Å². The third kappa shape index (κ3) is 0.964. The average molecular weight is 108 g/mol. The van der Waals surface area contributed by atoms with Crippen LogP contribution in [0.3, 0.4) is 0 Å². The number of hydrogen-bond acceptors (Lipinski definition) is 2. The van der Waals surface area contributed by atoms with Crippen LogP contribution in [0, 0.1) is 6.20 Å². The zero-order valence-electron chi connectivity index (χ0n) is 4.59. The van der Waals surface area contributed by atoms with Crippen molar-refractivity contribution >= 4 is 0 Å². The van der Waals surface area contributed by atoms with Crippen molar-refractivity contribution in [3.63, 3.8) is 0 Å². The van der Waals surface area contributed by atoms with E-state index in [2.05, 4.69) is 11.2 Å². The fraction of sp³-hybridized carbons (Fsp3) is 0.167. The Labute approximate surface area is 48.1 Å². The first-order valence-electron chi connectivity index (χ1n) is 2.29. The van der Waals surface area contributed by atoms with Crippen LogP contribution in [0.2, 0.25) is 0 Å². The van der Waals surface area contributed by atoms with Crippen molar-refractivity contribution in [1.29, 1.82) is 0 Å². The molecule has 0 spiro atoms. The van der Waals surface area contributed by atoms with Crippen LogP contribution >= 0.6 is 0 Å². The van der Waals surface area contributed by atoms with E-state index in [9.17, 15) is 0 Å². The molecule has 2 nitrogen and oxygen atoms in total. The molecule has 0 aliphatic heterocycles. The molecule has 0 atom stereocenters.